The summed E-state index contributed by atoms with van der Waals surface area (Å²) in [6.45, 7) is 1.77. The summed E-state index contributed by atoms with van der Waals surface area (Å²) in [6.07, 6.45) is 0. The third kappa shape index (κ3) is 4.86. The quantitative estimate of drug-likeness (QED) is 0.610. The van der Waals surface area contributed by atoms with Gasteiger partial charge in [0, 0.05) is 11.8 Å². The van der Waals surface area contributed by atoms with Crippen molar-refractivity contribution in [2.24, 2.45) is 0 Å². The molecule has 0 atom stereocenters. The van der Waals surface area contributed by atoms with Crippen LogP contribution >= 0.6 is 0 Å². The molecular formula is C21H20N4O4. The minimum Gasteiger partial charge on any atom is -0.465 e. The molecule has 0 aliphatic carbocycles. The molecule has 8 nitrogen and oxygen atoms in total. The van der Waals surface area contributed by atoms with E-state index in [1.165, 1.54) is 14.2 Å². The molecule has 0 aliphatic heterocycles. The SMILES string of the molecule is COC(=O)c1ccc(Nc2cc(Nc3ccccc3C(=O)OC)nc(C)n2)cc1. The summed E-state index contributed by atoms with van der Waals surface area (Å²) in [7, 11) is 2.67. The van der Waals surface area contributed by atoms with Crippen LogP contribution < -0.4 is 10.6 Å². The van der Waals surface area contributed by atoms with Gasteiger partial charge in [-0.05, 0) is 43.3 Å². The van der Waals surface area contributed by atoms with Gasteiger partial charge in [-0.1, -0.05) is 12.1 Å². The second-order valence-corrected chi connectivity index (χ2v) is 6.04. The predicted octanol–water partition coefficient (Wildman–Crippen LogP) is 3.85. The standard InChI is InChI=1S/C21H20N4O4/c1-13-22-18(24-15-10-8-14(9-11-15)20(26)28-2)12-19(23-13)25-17-7-5-4-6-16(17)21(27)29-3/h4-12H,1-3H3,(H2,22,23,24,25). The van der Waals surface area contributed by atoms with Gasteiger partial charge in [-0.25, -0.2) is 19.6 Å². The first-order valence-electron chi connectivity index (χ1n) is 8.75. The first-order valence-corrected chi connectivity index (χ1v) is 8.75. The lowest BCUT2D eigenvalue weighted by atomic mass is 10.2. The number of anilines is 4. The van der Waals surface area contributed by atoms with Crippen LogP contribution in [0.2, 0.25) is 0 Å². The molecule has 3 aromatic rings. The number of hydrogen-bond acceptors (Lipinski definition) is 8. The normalized spacial score (nSPS) is 10.2. The van der Waals surface area contributed by atoms with Crippen LogP contribution in [0.5, 0.6) is 0 Å². The Bertz CT molecular complexity index is 1040. The first kappa shape index (κ1) is 19.8. The molecule has 148 valence electrons. The fourth-order valence-corrected chi connectivity index (χ4v) is 2.67. The summed E-state index contributed by atoms with van der Waals surface area (Å²) in [5.74, 6) is 0.774. The zero-order valence-electron chi connectivity index (χ0n) is 16.2. The van der Waals surface area contributed by atoms with Crippen molar-refractivity contribution in [1.29, 1.82) is 0 Å². The molecule has 8 heteroatoms. The number of nitrogens with zero attached hydrogens (tertiary/aromatic N) is 2. The number of aromatic nitrogens is 2. The van der Waals surface area contributed by atoms with Gasteiger partial charge in [-0.15, -0.1) is 0 Å². The monoisotopic (exact) mass is 392 g/mol. The van der Waals surface area contributed by atoms with Gasteiger partial charge >= 0.3 is 11.9 Å². The predicted molar refractivity (Wildman–Crippen MR) is 109 cm³/mol. The number of benzene rings is 2. The van der Waals surface area contributed by atoms with E-state index >= 15 is 0 Å². The zero-order valence-corrected chi connectivity index (χ0v) is 16.2. The van der Waals surface area contributed by atoms with E-state index in [9.17, 15) is 9.59 Å². The van der Waals surface area contributed by atoms with Crippen LogP contribution in [0.4, 0.5) is 23.0 Å². The lowest BCUT2D eigenvalue weighted by Gasteiger charge is -2.12. The van der Waals surface area contributed by atoms with Crippen LogP contribution in [-0.2, 0) is 9.47 Å². The van der Waals surface area contributed by atoms with Gasteiger partial charge in [0.05, 0.1) is 31.0 Å². The highest BCUT2D eigenvalue weighted by Crippen LogP contribution is 2.23. The minimum atomic E-state index is -0.442. The fraction of sp³-hybridized carbons (Fsp3) is 0.143. The van der Waals surface area contributed by atoms with Gasteiger partial charge in [0.1, 0.15) is 17.5 Å². The average Bonchev–Trinajstić information content (AvgIpc) is 2.73. The lowest BCUT2D eigenvalue weighted by Crippen LogP contribution is -2.07. The largest absolute Gasteiger partial charge is 0.465 e. The number of carbonyl (C=O) groups is 2. The van der Waals surface area contributed by atoms with Crippen molar-refractivity contribution in [2.75, 3.05) is 24.9 Å². The van der Waals surface area contributed by atoms with Crippen LogP contribution in [0, 0.1) is 6.92 Å². The van der Waals surface area contributed by atoms with Gasteiger partial charge in [-0.2, -0.15) is 0 Å². The van der Waals surface area contributed by atoms with Crippen LogP contribution in [0.3, 0.4) is 0 Å². The highest BCUT2D eigenvalue weighted by molar-refractivity contribution is 5.96. The smallest absolute Gasteiger partial charge is 0.339 e. The molecule has 2 aromatic carbocycles. The average molecular weight is 392 g/mol. The number of methoxy groups -OCH3 is 2. The van der Waals surface area contributed by atoms with E-state index in [-0.39, 0.29) is 0 Å². The number of aryl methyl sites for hydroxylation is 1. The van der Waals surface area contributed by atoms with Crippen LogP contribution in [-0.4, -0.2) is 36.1 Å². The van der Waals surface area contributed by atoms with Crippen LogP contribution in [0.1, 0.15) is 26.5 Å². The van der Waals surface area contributed by atoms with Crippen molar-refractivity contribution in [1.82, 2.24) is 9.97 Å². The Morgan fingerprint density at radius 2 is 1.45 bits per heavy atom. The van der Waals surface area contributed by atoms with Crippen molar-refractivity contribution < 1.29 is 19.1 Å². The lowest BCUT2D eigenvalue weighted by molar-refractivity contribution is 0.0592. The number of hydrogen-bond donors (Lipinski definition) is 2. The summed E-state index contributed by atoms with van der Waals surface area (Å²) < 4.78 is 9.51. The van der Waals surface area contributed by atoms with E-state index in [1.807, 2.05) is 6.07 Å². The molecule has 0 fully saturated rings. The van der Waals surface area contributed by atoms with Crippen molar-refractivity contribution >= 4 is 34.9 Å². The van der Waals surface area contributed by atoms with E-state index in [0.29, 0.717) is 34.3 Å². The molecule has 2 N–H and O–H groups in total. The topological polar surface area (TPSA) is 102 Å². The van der Waals surface area contributed by atoms with E-state index in [0.717, 1.165) is 5.69 Å². The Kier molecular flexibility index (Phi) is 6.03. The first-order chi connectivity index (χ1) is 14.0. The molecule has 0 spiro atoms. The van der Waals surface area contributed by atoms with Crippen molar-refractivity contribution in [3.8, 4) is 0 Å². The fourth-order valence-electron chi connectivity index (χ4n) is 2.67. The Labute approximate surface area is 167 Å². The van der Waals surface area contributed by atoms with Gasteiger partial charge in [0.2, 0.25) is 0 Å². The van der Waals surface area contributed by atoms with Gasteiger partial charge in [-0.3, -0.25) is 0 Å². The molecule has 3 rings (SSSR count). The van der Waals surface area contributed by atoms with E-state index < -0.39 is 11.9 Å². The number of nitrogens with one attached hydrogen (secondary N) is 2. The Morgan fingerprint density at radius 3 is 2.10 bits per heavy atom. The number of rotatable bonds is 6. The maximum Gasteiger partial charge on any atom is 0.339 e. The van der Waals surface area contributed by atoms with Crippen LogP contribution in [0.15, 0.2) is 54.6 Å². The maximum absolute atomic E-state index is 12.0. The summed E-state index contributed by atoms with van der Waals surface area (Å²) in [4.78, 5) is 32.2. The molecule has 1 aromatic heterocycles. The summed E-state index contributed by atoms with van der Waals surface area (Å²) in [6, 6.07) is 15.6. The molecule has 0 saturated heterocycles. The highest BCUT2D eigenvalue weighted by atomic mass is 16.5. The molecule has 0 saturated carbocycles. The van der Waals surface area contributed by atoms with Crippen molar-refractivity contribution in [3.63, 3.8) is 0 Å². The molecule has 0 radical (unpaired) electrons. The molecule has 1 heterocycles. The van der Waals surface area contributed by atoms with Crippen molar-refractivity contribution in [3.05, 3.63) is 71.5 Å². The second-order valence-electron chi connectivity index (χ2n) is 6.04. The molecule has 0 aliphatic rings. The van der Waals surface area contributed by atoms with Gasteiger partial charge < -0.3 is 20.1 Å². The summed E-state index contributed by atoms with van der Waals surface area (Å²) >= 11 is 0. The molecule has 0 bridgehead atoms. The van der Waals surface area contributed by atoms with E-state index in [4.69, 9.17) is 9.47 Å². The number of esters is 2. The molecular weight excluding hydrogens is 372 g/mol. The Hall–Kier alpha value is -3.94. The Morgan fingerprint density at radius 1 is 0.828 bits per heavy atom. The summed E-state index contributed by atoms with van der Waals surface area (Å²) in [5, 5.41) is 6.30. The van der Waals surface area contributed by atoms with E-state index in [1.54, 1.807) is 55.5 Å². The van der Waals surface area contributed by atoms with E-state index in [2.05, 4.69) is 20.6 Å². The Balaban J connectivity index is 1.82. The van der Waals surface area contributed by atoms with Gasteiger partial charge in [0.15, 0.2) is 0 Å². The third-order valence-electron chi connectivity index (χ3n) is 4.01. The minimum absolute atomic E-state index is 0.398. The number of carbonyl (C=O) groups excluding carboxylic acids is 2. The maximum atomic E-state index is 12.0. The molecule has 0 amide bonds. The van der Waals surface area contributed by atoms with Crippen LogP contribution in [0.25, 0.3) is 0 Å². The third-order valence-corrected chi connectivity index (χ3v) is 4.01. The highest BCUT2D eigenvalue weighted by Gasteiger charge is 2.12. The second kappa shape index (κ2) is 8.83. The summed E-state index contributed by atoms with van der Waals surface area (Å²) in [5.41, 5.74) is 2.18. The molecule has 0 unspecified atom stereocenters. The van der Waals surface area contributed by atoms with Gasteiger partial charge in [0.25, 0.3) is 0 Å². The number of para-hydroxylation sites is 1. The zero-order chi connectivity index (χ0) is 20.8. The molecule has 29 heavy (non-hydrogen) atoms. The number of ether oxygens (including phenoxy) is 2. The van der Waals surface area contributed by atoms with Crippen molar-refractivity contribution in [2.45, 2.75) is 6.92 Å².